The molecule has 1 N–H and O–H groups in total. The molecule has 1 saturated heterocycles. The van der Waals surface area contributed by atoms with Crippen molar-refractivity contribution in [2.45, 2.75) is 12.5 Å². The van der Waals surface area contributed by atoms with Gasteiger partial charge in [-0.2, -0.15) is 0 Å². The average molecular weight is 269 g/mol. The third kappa shape index (κ3) is 2.31. The molecular weight excluding hydrogens is 260 g/mol. The van der Waals surface area contributed by atoms with E-state index in [2.05, 4.69) is 0 Å². The van der Waals surface area contributed by atoms with Crippen molar-refractivity contribution >= 4 is 17.7 Å². The van der Waals surface area contributed by atoms with Gasteiger partial charge in [-0.1, -0.05) is 12.1 Å². The molecule has 0 radical (unpaired) electrons. The number of likely N-dealkylation sites (tertiary alicyclic amines) is 1. The van der Waals surface area contributed by atoms with Crippen LogP contribution in [0, 0.1) is 11.6 Å². The van der Waals surface area contributed by atoms with Crippen molar-refractivity contribution in [3.05, 3.63) is 35.4 Å². The molecule has 7 heteroatoms. The lowest BCUT2D eigenvalue weighted by Gasteiger charge is -2.24. The van der Waals surface area contributed by atoms with Crippen molar-refractivity contribution in [2.75, 3.05) is 6.54 Å². The molecule has 0 saturated carbocycles. The lowest BCUT2D eigenvalue weighted by Crippen LogP contribution is -2.36. The zero-order valence-corrected chi connectivity index (χ0v) is 9.60. The summed E-state index contributed by atoms with van der Waals surface area (Å²) in [6.07, 6.45) is -0.416. The van der Waals surface area contributed by atoms with E-state index in [0.717, 1.165) is 23.1 Å². The molecule has 1 aliphatic rings. The maximum Gasteiger partial charge on any atom is 0.331 e. The Hall–Kier alpha value is -2.31. The smallest absolute Gasteiger partial charge is 0.331 e. The van der Waals surface area contributed by atoms with Crippen LogP contribution in [-0.2, 0) is 14.4 Å². The third-order valence-corrected chi connectivity index (χ3v) is 2.84. The SMILES string of the molecule is O=C1CC(=O)N(C(C(=O)O)c2cccc(F)c2F)C1. The standard InChI is InChI=1S/C12H9F2NO4/c13-8-3-1-2-7(10(8)14)11(12(18)19)15-5-6(16)4-9(15)17/h1-3,11H,4-5H2,(H,18,19). The van der Waals surface area contributed by atoms with E-state index < -0.39 is 53.9 Å². The molecule has 0 aromatic heterocycles. The van der Waals surface area contributed by atoms with Gasteiger partial charge in [0.25, 0.3) is 0 Å². The van der Waals surface area contributed by atoms with Crippen molar-refractivity contribution in [3.8, 4) is 0 Å². The van der Waals surface area contributed by atoms with Gasteiger partial charge >= 0.3 is 5.97 Å². The van der Waals surface area contributed by atoms with Crippen molar-refractivity contribution < 1.29 is 28.3 Å². The second kappa shape index (κ2) is 4.75. The van der Waals surface area contributed by atoms with Crippen LogP contribution in [0.3, 0.4) is 0 Å². The molecule has 1 aliphatic heterocycles. The quantitative estimate of drug-likeness (QED) is 0.827. The van der Waals surface area contributed by atoms with Gasteiger partial charge in [-0.3, -0.25) is 9.59 Å². The number of nitrogens with zero attached hydrogens (tertiary/aromatic N) is 1. The van der Waals surface area contributed by atoms with Gasteiger partial charge in [-0.05, 0) is 6.07 Å². The number of halogens is 2. The summed E-state index contributed by atoms with van der Waals surface area (Å²) < 4.78 is 26.8. The molecule has 1 heterocycles. The molecule has 0 bridgehead atoms. The first-order valence-corrected chi connectivity index (χ1v) is 5.39. The number of aliphatic carboxylic acids is 1. The fourth-order valence-corrected chi connectivity index (χ4v) is 2.01. The largest absolute Gasteiger partial charge is 0.479 e. The Kier molecular flexibility index (Phi) is 3.28. The number of rotatable bonds is 3. The van der Waals surface area contributed by atoms with Crippen molar-refractivity contribution in [2.24, 2.45) is 0 Å². The maximum atomic E-state index is 13.6. The van der Waals surface area contributed by atoms with E-state index in [1.165, 1.54) is 0 Å². The number of carboxylic acid groups (broad SMARTS) is 1. The highest BCUT2D eigenvalue weighted by atomic mass is 19.2. The number of Topliss-reactive ketones (excluding diaryl/α,β-unsaturated/α-hetero) is 1. The van der Waals surface area contributed by atoms with E-state index in [4.69, 9.17) is 5.11 Å². The molecule has 0 aliphatic carbocycles. The van der Waals surface area contributed by atoms with Gasteiger partial charge in [-0.25, -0.2) is 13.6 Å². The van der Waals surface area contributed by atoms with E-state index in [0.29, 0.717) is 0 Å². The van der Waals surface area contributed by atoms with Gasteiger partial charge in [0, 0.05) is 5.56 Å². The van der Waals surface area contributed by atoms with Crippen LogP contribution in [-0.4, -0.2) is 34.2 Å². The molecule has 2 rings (SSSR count). The molecule has 0 spiro atoms. The highest BCUT2D eigenvalue weighted by molar-refractivity contribution is 6.06. The number of hydrogen-bond donors (Lipinski definition) is 1. The molecule has 100 valence electrons. The number of ketones is 1. The Balaban J connectivity index is 2.47. The van der Waals surface area contributed by atoms with Crippen LogP contribution in [0.4, 0.5) is 8.78 Å². The number of benzene rings is 1. The molecule has 1 fully saturated rings. The second-order valence-electron chi connectivity index (χ2n) is 4.12. The van der Waals surface area contributed by atoms with Gasteiger partial charge < -0.3 is 10.0 Å². The lowest BCUT2D eigenvalue weighted by molar-refractivity contribution is -0.148. The fraction of sp³-hybridized carbons (Fsp3) is 0.250. The molecule has 5 nitrogen and oxygen atoms in total. The number of carbonyl (C=O) groups is 3. The van der Waals surface area contributed by atoms with Crippen LogP contribution in [0.15, 0.2) is 18.2 Å². The topological polar surface area (TPSA) is 74.7 Å². The Morgan fingerprint density at radius 2 is 2.00 bits per heavy atom. The van der Waals surface area contributed by atoms with Crippen molar-refractivity contribution in [1.82, 2.24) is 4.90 Å². The van der Waals surface area contributed by atoms with Crippen molar-refractivity contribution in [3.63, 3.8) is 0 Å². The fourth-order valence-electron chi connectivity index (χ4n) is 2.01. The molecule has 1 aromatic rings. The minimum atomic E-state index is -1.70. The summed E-state index contributed by atoms with van der Waals surface area (Å²) in [5, 5.41) is 9.11. The van der Waals surface area contributed by atoms with Gasteiger partial charge in [0.1, 0.15) is 0 Å². The summed E-state index contributed by atoms with van der Waals surface area (Å²) in [5.74, 6) is -5.22. The van der Waals surface area contributed by atoms with Crippen LogP contribution in [0.2, 0.25) is 0 Å². The van der Waals surface area contributed by atoms with E-state index in [-0.39, 0.29) is 0 Å². The van der Waals surface area contributed by atoms with Crippen LogP contribution in [0.25, 0.3) is 0 Å². The third-order valence-electron chi connectivity index (χ3n) is 2.84. The number of carbonyl (C=O) groups excluding carboxylic acids is 2. The summed E-state index contributed by atoms with van der Waals surface area (Å²) in [6, 6.07) is 1.36. The Morgan fingerprint density at radius 1 is 1.32 bits per heavy atom. The Bertz CT molecular complexity index is 573. The zero-order valence-electron chi connectivity index (χ0n) is 9.60. The van der Waals surface area contributed by atoms with E-state index in [1.54, 1.807) is 0 Å². The minimum Gasteiger partial charge on any atom is -0.479 e. The normalized spacial score (nSPS) is 16.8. The monoisotopic (exact) mass is 269 g/mol. The first kappa shape index (κ1) is 13.1. The molecule has 1 atom stereocenters. The maximum absolute atomic E-state index is 13.6. The number of carboxylic acids is 1. The molecule has 19 heavy (non-hydrogen) atoms. The van der Waals surface area contributed by atoms with Gasteiger partial charge in [0.2, 0.25) is 5.91 Å². The van der Waals surface area contributed by atoms with Gasteiger partial charge in [0.15, 0.2) is 23.5 Å². The van der Waals surface area contributed by atoms with Gasteiger partial charge in [0.05, 0.1) is 13.0 Å². The summed E-state index contributed by atoms with van der Waals surface area (Å²) in [4.78, 5) is 34.6. The average Bonchev–Trinajstić information content (AvgIpc) is 2.64. The Labute approximate surface area is 106 Å². The first-order valence-electron chi connectivity index (χ1n) is 5.39. The van der Waals surface area contributed by atoms with E-state index in [1.807, 2.05) is 0 Å². The summed E-state index contributed by atoms with van der Waals surface area (Å²) in [7, 11) is 0. The molecular formula is C12H9F2NO4. The van der Waals surface area contributed by atoms with Gasteiger partial charge in [-0.15, -0.1) is 0 Å². The van der Waals surface area contributed by atoms with Crippen LogP contribution < -0.4 is 0 Å². The number of amides is 1. The van der Waals surface area contributed by atoms with E-state index in [9.17, 15) is 23.2 Å². The van der Waals surface area contributed by atoms with Crippen molar-refractivity contribution in [1.29, 1.82) is 0 Å². The first-order chi connectivity index (χ1) is 8.91. The van der Waals surface area contributed by atoms with Crippen LogP contribution >= 0.6 is 0 Å². The zero-order chi connectivity index (χ0) is 14.2. The molecule has 1 unspecified atom stereocenters. The predicted octanol–water partition coefficient (Wildman–Crippen LogP) is 0.892. The highest BCUT2D eigenvalue weighted by Gasteiger charge is 2.39. The molecule has 1 aromatic carbocycles. The minimum absolute atomic E-state index is 0.411. The molecule has 1 amide bonds. The Morgan fingerprint density at radius 3 is 2.53 bits per heavy atom. The van der Waals surface area contributed by atoms with Crippen LogP contribution in [0.5, 0.6) is 0 Å². The predicted molar refractivity (Wildman–Crippen MR) is 58.1 cm³/mol. The lowest BCUT2D eigenvalue weighted by atomic mass is 10.0. The summed E-state index contributed by atoms with van der Waals surface area (Å²) >= 11 is 0. The summed E-state index contributed by atoms with van der Waals surface area (Å²) in [5.41, 5.74) is -0.476. The number of hydrogen-bond acceptors (Lipinski definition) is 3. The van der Waals surface area contributed by atoms with E-state index >= 15 is 0 Å². The highest BCUT2D eigenvalue weighted by Crippen LogP contribution is 2.28. The summed E-state index contributed by atoms with van der Waals surface area (Å²) in [6.45, 7) is -0.411. The van der Waals surface area contributed by atoms with Crippen LogP contribution in [0.1, 0.15) is 18.0 Å². The second-order valence-corrected chi connectivity index (χ2v) is 4.12.